The number of allylic oxidation sites excluding steroid dienone is 1. The molecule has 1 aliphatic heterocycles. The molecular formula is C30H48O7Si. The van der Waals surface area contributed by atoms with E-state index in [4.69, 9.17) is 18.6 Å². The van der Waals surface area contributed by atoms with E-state index in [1.165, 1.54) is 13.8 Å². The van der Waals surface area contributed by atoms with Gasteiger partial charge in [-0.3, -0.25) is 9.59 Å². The zero-order valence-corrected chi connectivity index (χ0v) is 25.9. The quantitative estimate of drug-likeness (QED) is 0.156. The minimum Gasteiger partial charge on any atom is -0.462 e. The van der Waals surface area contributed by atoms with Gasteiger partial charge < -0.3 is 18.6 Å². The van der Waals surface area contributed by atoms with Gasteiger partial charge in [0.2, 0.25) is 0 Å². The Balaban J connectivity index is 1.98. The lowest BCUT2D eigenvalue weighted by atomic mass is 9.46. The number of carbonyl (C=O) groups is 3. The molecule has 8 heteroatoms. The van der Waals surface area contributed by atoms with Crippen molar-refractivity contribution < 1.29 is 33.0 Å². The summed E-state index contributed by atoms with van der Waals surface area (Å²) in [6, 6.07) is 0. The summed E-state index contributed by atoms with van der Waals surface area (Å²) in [5, 5.41) is 0.0580. The molecule has 0 aromatic heterocycles. The van der Waals surface area contributed by atoms with Crippen molar-refractivity contribution in [1.82, 2.24) is 0 Å². The van der Waals surface area contributed by atoms with Crippen LogP contribution in [0, 0.1) is 22.7 Å². The van der Waals surface area contributed by atoms with Crippen molar-refractivity contribution in [3.05, 3.63) is 23.8 Å². The van der Waals surface area contributed by atoms with E-state index >= 15 is 0 Å². The van der Waals surface area contributed by atoms with E-state index in [2.05, 4.69) is 54.3 Å². The topological polar surface area (TPSA) is 88.1 Å². The first kappa shape index (κ1) is 30.6. The smallest absolute Gasteiger partial charge is 0.337 e. The molecule has 1 unspecified atom stereocenters. The molecular weight excluding hydrogens is 500 g/mol. The number of esters is 3. The van der Waals surface area contributed by atoms with Gasteiger partial charge in [0.1, 0.15) is 18.8 Å². The first-order valence-corrected chi connectivity index (χ1v) is 16.9. The molecule has 0 saturated heterocycles. The molecule has 3 aliphatic rings. The maximum Gasteiger partial charge on any atom is 0.337 e. The molecule has 2 fully saturated rings. The number of cyclic esters (lactones) is 1. The van der Waals surface area contributed by atoms with E-state index in [0.717, 1.165) is 31.3 Å². The molecule has 0 aromatic rings. The van der Waals surface area contributed by atoms with Crippen molar-refractivity contribution in [2.45, 2.75) is 111 Å². The predicted molar refractivity (Wildman–Crippen MR) is 149 cm³/mol. The number of ether oxygens (including phenoxy) is 3. The maximum absolute atomic E-state index is 12.4. The molecule has 0 bridgehead atoms. The molecule has 3 rings (SSSR count). The van der Waals surface area contributed by atoms with Gasteiger partial charge in [-0.15, -0.1) is 0 Å². The first-order chi connectivity index (χ1) is 17.4. The molecule has 7 nitrogen and oxygen atoms in total. The number of fused-ring (bicyclic) bond motifs is 1. The Bertz CT molecular complexity index is 993. The largest absolute Gasteiger partial charge is 0.462 e. The summed E-state index contributed by atoms with van der Waals surface area (Å²) in [7, 11) is -2.06. The second-order valence-corrected chi connectivity index (χ2v) is 18.4. The second-order valence-electron chi connectivity index (χ2n) is 13.6. The number of carbonyl (C=O) groups excluding carboxylic acids is 3. The van der Waals surface area contributed by atoms with Crippen LogP contribution in [0.25, 0.3) is 0 Å². The maximum atomic E-state index is 12.4. The van der Waals surface area contributed by atoms with Crippen LogP contribution in [0.1, 0.15) is 80.6 Å². The highest BCUT2D eigenvalue weighted by molar-refractivity contribution is 6.74. The lowest BCUT2D eigenvalue weighted by molar-refractivity contribution is -0.185. The van der Waals surface area contributed by atoms with Crippen LogP contribution in [-0.2, 0) is 33.0 Å². The molecule has 0 N–H and O–H groups in total. The highest BCUT2D eigenvalue weighted by Gasteiger charge is 2.60. The van der Waals surface area contributed by atoms with Gasteiger partial charge in [0.25, 0.3) is 0 Å². The summed E-state index contributed by atoms with van der Waals surface area (Å²) in [5.41, 5.74) is 0.942. The lowest BCUT2D eigenvalue weighted by Crippen LogP contribution is -2.60. The fraction of sp³-hybridized carbons (Fsp3) is 0.767. The van der Waals surface area contributed by atoms with Gasteiger partial charge in [-0.05, 0) is 73.6 Å². The van der Waals surface area contributed by atoms with Crippen molar-refractivity contribution in [2.24, 2.45) is 22.7 Å². The fourth-order valence-electron chi connectivity index (χ4n) is 6.84. The van der Waals surface area contributed by atoms with E-state index in [9.17, 15) is 14.4 Å². The Hall–Kier alpha value is -1.93. The van der Waals surface area contributed by atoms with Gasteiger partial charge in [-0.25, -0.2) is 4.79 Å². The molecule has 2 saturated carbocycles. The summed E-state index contributed by atoms with van der Waals surface area (Å²) in [4.78, 5) is 36.6. The van der Waals surface area contributed by atoms with Gasteiger partial charge >= 0.3 is 17.9 Å². The summed E-state index contributed by atoms with van der Waals surface area (Å²) in [5.74, 6) is -0.910. The second kappa shape index (κ2) is 10.9. The number of rotatable bonds is 8. The number of hydrogen-bond acceptors (Lipinski definition) is 7. The monoisotopic (exact) mass is 548 g/mol. The minimum absolute atomic E-state index is 0.0189. The van der Waals surface area contributed by atoms with Crippen molar-refractivity contribution in [3.63, 3.8) is 0 Å². The third-order valence-corrected chi connectivity index (χ3v) is 14.5. The fourth-order valence-corrected chi connectivity index (χ4v) is 7.94. The summed E-state index contributed by atoms with van der Waals surface area (Å²) in [6.07, 6.45) is 4.57. The number of hydrogen-bond donors (Lipinski definition) is 0. The normalized spacial score (nSPS) is 32.7. The van der Waals surface area contributed by atoms with Crippen LogP contribution in [0.5, 0.6) is 0 Å². The molecule has 0 amide bonds. The van der Waals surface area contributed by atoms with Crippen LogP contribution < -0.4 is 0 Å². The average Bonchev–Trinajstić information content (AvgIpc) is 3.21. The van der Waals surface area contributed by atoms with Crippen LogP contribution >= 0.6 is 0 Å². The third-order valence-electron chi connectivity index (χ3n) is 10.0. The molecule has 1 heterocycles. The van der Waals surface area contributed by atoms with Crippen molar-refractivity contribution in [3.8, 4) is 0 Å². The van der Waals surface area contributed by atoms with E-state index < -0.39 is 31.8 Å². The minimum atomic E-state index is -2.06. The standard InChI is InChI=1S/C30H48O7Si/c1-19-11-12-25-29(7,23(19)17-24(36-20(2)31)22-14-16-34-27(22)33)15-13-26(37-21(3)32)30(25,8)18-35-38(9,10)28(4,5)6/h14,23-26H,1,11-13,15-18H2,2-10H3/t23-,24+,25?,26-,29+,30+/m1/s1. The average molecular weight is 549 g/mol. The van der Waals surface area contributed by atoms with Crippen LogP contribution in [-0.4, -0.2) is 51.6 Å². The van der Waals surface area contributed by atoms with Crippen LogP contribution in [0.15, 0.2) is 23.8 Å². The zero-order chi connectivity index (χ0) is 28.7. The third kappa shape index (κ3) is 5.96. The van der Waals surface area contributed by atoms with Gasteiger partial charge in [0.05, 0.1) is 5.57 Å². The molecule has 38 heavy (non-hydrogen) atoms. The molecule has 0 spiro atoms. The van der Waals surface area contributed by atoms with Crippen LogP contribution in [0.2, 0.25) is 18.1 Å². The Labute approximate surface area is 229 Å². The van der Waals surface area contributed by atoms with Gasteiger partial charge in [0.15, 0.2) is 8.32 Å². The molecule has 0 radical (unpaired) electrons. The highest BCUT2D eigenvalue weighted by atomic mass is 28.4. The first-order valence-electron chi connectivity index (χ1n) is 14.0. The predicted octanol–water partition coefficient (Wildman–Crippen LogP) is 6.13. The van der Waals surface area contributed by atoms with E-state index in [1.54, 1.807) is 6.08 Å². The van der Waals surface area contributed by atoms with Crippen molar-refractivity contribution >= 4 is 26.2 Å². The summed E-state index contributed by atoms with van der Waals surface area (Å²) >= 11 is 0. The van der Waals surface area contributed by atoms with Crippen LogP contribution in [0.4, 0.5) is 0 Å². The highest BCUT2D eigenvalue weighted by Crippen LogP contribution is 2.63. The SMILES string of the molecule is C=C1CCC2[C@](C)(CO[Si](C)(C)C(C)(C)C)[C@H](OC(C)=O)CC[C@@]2(C)[C@@H]1C[C@H](OC(C)=O)C1=CCOC1=O. The molecule has 2 aliphatic carbocycles. The Morgan fingerprint density at radius 1 is 1.18 bits per heavy atom. The van der Waals surface area contributed by atoms with E-state index in [1.807, 2.05) is 0 Å². The summed E-state index contributed by atoms with van der Waals surface area (Å²) in [6.45, 7) is 23.7. The Morgan fingerprint density at radius 3 is 2.37 bits per heavy atom. The molecule has 6 atom stereocenters. The Kier molecular flexibility index (Phi) is 8.79. The van der Waals surface area contributed by atoms with Gasteiger partial charge in [-0.2, -0.15) is 0 Å². The zero-order valence-electron chi connectivity index (χ0n) is 24.9. The van der Waals surface area contributed by atoms with E-state index in [0.29, 0.717) is 18.6 Å². The molecule has 214 valence electrons. The van der Waals surface area contributed by atoms with E-state index in [-0.39, 0.29) is 41.0 Å². The lowest BCUT2D eigenvalue weighted by Gasteiger charge is -2.61. The van der Waals surface area contributed by atoms with Crippen molar-refractivity contribution in [2.75, 3.05) is 13.2 Å². The van der Waals surface area contributed by atoms with Crippen molar-refractivity contribution in [1.29, 1.82) is 0 Å². The summed E-state index contributed by atoms with van der Waals surface area (Å²) < 4.78 is 23.6. The molecule has 0 aromatic carbocycles. The van der Waals surface area contributed by atoms with Gasteiger partial charge in [-0.1, -0.05) is 46.8 Å². The van der Waals surface area contributed by atoms with Gasteiger partial charge in [0, 0.05) is 25.9 Å². The van der Waals surface area contributed by atoms with Crippen LogP contribution in [0.3, 0.4) is 0 Å². The Morgan fingerprint density at radius 2 is 1.84 bits per heavy atom.